The summed E-state index contributed by atoms with van der Waals surface area (Å²) in [6.45, 7) is 8.36. The Kier molecular flexibility index (Phi) is 9.82. The number of benzene rings is 3. The summed E-state index contributed by atoms with van der Waals surface area (Å²) < 4.78 is 28.8. The van der Waals surface area contributed by atoms with Crippen molar-refractivity contribution in [2.75, 3.05) is 34.3 Å². The molecule has 0 aromatic heterocycles. The van der Waals surface area contributed by atoms with Crippen LogP contribution in [0.4, 0.5) is 17.1 Å². The van der Waals surface area contributed by atoms with Crippen molar-refractivity contribution in [3.8, 4) is 0 Å². The van der Waals surface area contributed by atoms with Gasteiger partial charge in [0.25, 0.3) is 0 Å². The van der Waals surface area contributed by atoms with Crippen molar-refractivity contribution in [1.29, 1.82) is 0 Å². The quantitative estimate of drug-likeness (QED) is 0.286. The second-order valence-electron chi connectivity index (χ2n) is 12.0. The van der Waals surface area contributed by atoms with E-state index in [0.717, 1.165) is 55.0 Å². The summed E-state index contributed by atoms with van der Waals surface area (Å²) in [6, 6.07) is 27.0. The van der Waals surface area contributed by atoms with Gasteiger partial charge in [0, 0.05) is 36.8 Å². The predicted octanol–water partition coefficient (Wildman–Crippen LogP) is 6.13. The largest absolute Gasteiger partial charge is 0.326 e. The van der Waals surface area contributed by atoms with Gasteiger partial charge in [-0.1, -0.05) is 48.5 Å². The predicted molar refractivity (Wildman–Crippen MR) is 176 cm³/mol. The van der Waals surface area contributed by atoms with Crippen LogP contribution in [0.5, 0.6) is 0 Å². The van der Waals surface area contributed by atoms with E-state index in [4.69, 9.17) is 0 Å². The fourth-order valence-corrected chi connectivity index (χ4v) is 7.77. The van der Waals surface area contributed by atoms with E-state index in [1.165, 1.54) is 0 Å². The average Bonchev–Trinajstić information content (AvgIpc) is 3.34. The lowest BCUT2D eigenvalue weighted by Gasteiger charge is -2.38. The number of carbonyl (C=O) groups excluding carboxylic acids is 1. The number of nitrogens with zero attached hydrogens (tertiary/aromatic N) is 4. The summed E-state index contributed by atoms with van der Waals surface area (Å²) in [4.78, 5) is 15.2. The number of hydrogen-bond donors (Lipinski definition) is 1. The van der Waals surface area contributed by atoms with Crippen LogP contribution in [0.15, 0.2) is 90.0 Å². The maximum atomic E-state index is 13.6. The first kappa shape index (κ1) is 30.8. The zero-order chi connectivity index (χ0) is 30.4. The molecule has 1 fully saturated rings. The minimum absolute atomic E-state index is 0.0323. The number of likely N-dealkylation sites (tertiary alicyclic amines) is 1. The highest BCUT2D eigenvalue weighted by molar-refractivity contribution is 7.92. The van der Waals surface area contributed by atoms with Crippen molar-refractivity contribution < 1.29 is 13.2 Å². The summed E-state index contributed by atoms with van der Waals surface area (Å²) in [5.41, 5.74) is 4.42. The highest BCUT2D eigenvalue weighted by Crippen LogP contribution is 2.28. The van der Waals surface area contributed by atoms with Gasteiger partial charge in [0.2, 0.25) is 15.9 Å². The topological polar surface area (TPSA) is 85.3 Å². The van der Waals surface area contributed by atoms with Gasteiger partial charge in [-0.05, 0) is 94.6 Å². The molecule has 5 rings (SSSR count). The number of amides is 1. The van der Waals surface area contributed by atoms with Gasteiger partial charge in [-0.3, -0.25) is 19.0 Å². The summed E-state index contributed by atoms with van der Waals surface area (Å²) in [5, 5.41) is 9.71. The van der Waals surface area contributed by atoms with Crippen molar-refractivity contribution in [2.45, 2.75) is 64.3 Å². The number of sulfonamides is 1. The Labute approximate surface area is 256 Å². The monoisotopic (exact) mass is 601 g/mol. The highest BCUT2D eigenvalue weighted by atomic mass is 32.2. The molecule has 1 saturated heterocycles. The van der Waals surface area contributed by atoms with Crippen LogP contribution in [-0.4, -0.2) is 56.7 Å². The van der Waals surface area contributed by atoms with Crippen LogP contribution in [-0.2, 0) is 20.6 Å². The average molecular weight is 602 g/mol. The molecule has 2 atom stereocenters. The minimum atomic E-state index is -3.59. The number of para-hydroxylation sites is 1. The molecule has 0 aliphatic carbocycles. The Hall–Kier alpha value is -3.69. The van der Waals surface area contributed by atoms with Crippen LogP contribution in [0.25, 0.3) is 0 Å². The SMILES string of the molecule is CC1=NN(c2ccc(NC(=O)CC3CCN([C@H](C)CN(c4ccccc4)S(=O)(=O)Cc4ccccc4)CC3)cc2)C(C)C1. The third-order valence-electron chi connectivity index (χ3n) is 8.45. The van der Waals surface area contributed by atoms with Crippen molar-refractivity contribution in [1.82, 2.24) is 4.90 Å². The molecular formula is C34H43N5O3S. The minimum Gasteiger partial charge on any atom is -0.326 e. The van der Waals surface area contributed by atoms with E-state index in [9.17, 15) is 13.2 Å². The van der Waals surface area contributed by atoms with Crippen molar-refractivity contribution in [3.63, 3.8) is 0 Å². The summed E-state index contributed by atoms with van der Waals surface area (Å²) >= 11 is 0. The Balaban J connectivity index is 1.13. The van der Waals surface area contributed by atoms with Crippen molar-refractivity contribution in [2.24, 2.45) is 11.0 Å². The second-order valence-corrected chi connectivity index (χ2v) is 13.9. The summed E-state index contributed by atoms with van der Waals surface area (Å²) in [5.74, 6) is 0.294. The fourth-order valence-electron chi connectivity index (χ4n) is 6.11. The van der Waals surface area contributed by atoms with Crippen LogP contribution in [0.1, 0.15) is 52.0 Å². The van der Waals surface area contributed by atoms with Gasteiger partial charge in [0.05, 0.1) is 23.2 Å². The standard InChI is InChI=1S/C34H43N5O3S/c1-26-22-27(2)39(36-26)33-16-14-31(15-17-33)35-34(40)23-29-18-20-37(21-19-29)28(3)24-38(32-12-8-5-9-13-32)43(41,42)25-30-10-6-4-7-11-30/h4-17,27-29H,18-25H2,1-3H3,(H,35,40)/t27?,28-/m1/s1. The van der Waals surface area contributed by atoms with Gasteiger partial charge >= 0.3 is 0 Å². The van der Waals surface area contributed by atoms with Crippen LogP contribution < -0.4 is 14.6 Å². The first-order valence-corrected chi connectivity index (χ1v) is 16.9. The maximum absolute atomic E-state index is 13.6. The summed E-state index contributed by atoms with van der Waals surface area (Å²) in [6.07, 6.45) is 3.26. The zero-order valence-corrected chi connectivity index (χ0v) is 26.2. The molecule has 2 aliphatic rings. The van der Waals surface area contributed by atoms with Crippen LogP contribution in [0.2, 0.25) is 0 Å². The molecule has 43 heavy (non-hydrogen) atoms. The van der Waals surface area contributed by atoms with E-state index < -0.39 is 10.0 Å². The van der Waals surface area contributed by atoms with Gasteiger partial charge in [-0.2, -0.15) is 5.10 Å². The second kappa shape index (κ2) is 13.7. The highest BCUT2D eigenvalue weighted by Gasteiger charge is 2.30. The Morgan fingerprint density at radius 1 is 0.977 bits per heavy atom. The van der Waals surface area contributed by atoms with E-state index >= 15 is 0 Å². The Morgan fingerprint density at radius 2 is 1.60 bits per heavy atom. The zero-order valence-electron chi connectivity index (χ0n) is 25.4. The number of anilines is 3. The third kappa shape index (κ3) is 8.03. The Bertz CT molecular complexity index is 1490. The van der Waals surface area contributed by atoms with Crippen LogP contribution in [0, 0.1) is 5.92 Å². The van der Waals surface area contributed by atoms with E-state index in [-0.39, 0.29) is 17.7 Å². The molecule has 0 spiro atoms. The van der Waals surface area contributed by atoms with Gasteiger partial charge in [0.1, 0.15) is 0 Å². The molecule has 1 unspecified atom stereocenters. The Morgan fingerprint density at radius 3 is 2.21 bits per heavy atom. The lowest BCUT2D eigenvalue weighted by atomic mass is 9.92. The molecule has 228 valence electrons. The van der Waals surface area contributed by atoms with Gasteiger partial charge in [-0.25, -0.2) is 8.42 Å². The molecule has 9 heteroatoms. The van der Waals surface area contributed by atoms with Gasteiger partial charge < -0.3 is 5.32 Å². The van der Waals surface area contributed by atoms with E-state index in [2.05, 4.69) is 29.2 Å². The van der Waals surface area contributed by atoms with Gasteiger partial charge in [-0.15, -0.1) is 0 Å². The molecule has 8 nitrogen and oxygen atoms in total. The van der Waals surface area contributed by atoms with Gasteiger partial charge in [0.15, 0.2) is 0 Å². The molecule has 3 aromatic carbocycles. The van der Waals surface area contributed by atoms with E-state index in [1.54, 1.807) is 4.31 Å². The maximum Gasteiger partial charge on any atom is 0.239 e. The first-order valence-electron chi connectivity index (χ1n) is 15.2. The normalized spacial score (nSPS) is 18.7. The van der Waals surface area contributed by atoms with Crippen LogP contribution in [0.3, 0.4) is 0 Å². The molecule has 3 aromatic rings. The molecular weight excluding hydrogens is 558 g/mol. The summed E-state index contributed by atoms with van der Waals surface area (Å²) in [7, 11) is -3.59. The smallest absolute Gasteiger partial charge is 0.239 e. The molecule has 0 radical (unpaired) electrons. The van der Waals surface area contributed by atoms with E-state index in [1.807, 2.05) is 96.9 Å². The van der Waals surface area contributed by atoms with Crippen molar-refractivity contribution >= 4 is 38.7 Å². The number of nitrogens with one attached hydrogen (secondary N) is 1. The molecule has 0 saturated carbocycles. The number of piperidine rings is 1. The molecule has 2 heterocycles. The van der Waals surface area contributed by atoms with Crippen molar-refractivity contribution in [3.05, 3.63) is 90.5 Å². The lowest BCUT2D eigenvalue weighted by Crippen LogP contribution is -2.48. The first-order chi connectivity index (χ1) is 20.7. The molecule has 0 bridgehead atoms. The lowest BCUT2D eigenvalue weighted by molar-refractivity contribution is -0.117. The molecule has 1 amide bonds. The number of hydrogen-bond acceptors (Lipinski definition) is 6. The number of hydrazone groups is 1. The molecule has 2 aliphatic heterocycles. The van der Waals surface area contributed by atoms with E-state index in [0.29, 0.717) is 30.6 Å². The fraction of sp³-hybridized carbons (Fsp3) is 0.412. The number of rotatable bonds is 11. The number of carbonyl (C=O) groups is 1. The molecule has 1 N–H and O–H groups in total. The van der Waals surface area contributed by atoms with Crippen LogP contribution >= 0.6 is 0 Å². The third-order valence-corrected chi connectivity index (χ3v) is 10.2.